The molecule has 0 aliphatic rings. The van der Waals surface area contributed by atoms with Gasteiger partial charge in [0.2, 0.25) is 0 Å². The zero-order valence-electron chi connectivity index (χ0n) is 12.0. The maximum absolute atomic E-state index is 12.5. The van der Waals surface area contributed by atoms with Crippen molar-refractivity contribution in [2.24, 2.45) is 0 Å². The first-order valence-electron chi connectivity index (χ1n) is 6.56. The van der Waals surface area contributed by atoms with Gasteiger partial charge in [-0.2, -0.15) is 18.4 Å². The molecular formula is C15H10BrF3N4O. The molecule has 124 valence electrons. The molecule has 2 aromatic rings. The van der Waals surface area contributed by atoms with Crippen molar-refractivity contribution in [2.75, 3.05) is 5.32 Å². The summed E-state index contributed by atoms with van der Waals surface area (Å²) in [5.41, 5.74) is 0.0719. The predicted octanol–water partition coefficient (Wildman–Crippen LogP) is 3.75. The second kappa shape index (κ2) is 7.31. The second-order valence-corrected chi connectivity index (χ2v) is 5.49. The summed E-state index contributed by atoms with van der Waals surface area (Å²) in [5, 5.41) is 11.6. The number of rotatable bonds is 4. The predicted molar refractivity (Wildman–Crippen MR) is 84.6 cm³/mol. The third-order valence-electron chi connectivity index (χ3n) is 2.86. The number of carbonyl (C=O) groups is 1. The van der Waals surface area contributed by atoms with E-state index in [1.807, 2.05) is 0 Å². The Labute approximate surface area is 143 Å². The van der Waals surface area contributed by atoms with E-state index in [1.165, 1.54) is 0 Å². The minimum atomic E-state index is -4.44. The van der Waals surface area contributed by atoms with Gasteiger partial charge in [-0.1, -0.05) is 12.1 Å². The fourth-order valence-electron chi connectivity index (χ4n) is 1.82. The van der Waals surface area contributed by atoms with E-state index in [1.54, 1.807) is 30.3 Å². The highest BCUT2D eigenvalue weighted by atomic mass is 79.9. The van der Waals surface area contributed by atoms with E-state index in [4.69, 9.17) is 5.26 Å². The first-order valence-corrected chi connectivity index (χ1v) is 7.35. The Balaban J connectivity index is 2.24. The van der Waals surface area contributed by atoms with E-state index < -0.39 is 18.6 Å². The van der Waals surface area contributed by atoms with Crippen molar-refractivity contribution >= 4 is 33.6 Å². The SMILES string of the molecule is N#CC(=Cc1nccn1CC(F)(F)F)C(=O)Nc1ccccc1Br. The van der Waals surface area contributed by atoms with Crippen molar-refractivity contribution in [3.05, 3.63) is 52.5 Å². The van der Waals surface area contributed by atoms with E-state index in [9.17, 15) is 18.0 Å². The van der Waals surface area contributed by atoms with Gasteiger partial charge in [0, 0.05) is 22.9 Å². The zero-order valence-corrected chi connectivity index (χ0v) is 13.6. The summed E-state index contributed by atoms with van der Waals surface area (Å²) in [6.45, 7) is -1.26. The van der Waals surface area contributed by atoms with Gasteiger partial charge in [0.15, 0.2) is 0 Å². The highest BCUT2D eigenvalue weighted by Gasteiger charge is 2.28. The van der Waals surface area contributed by atoms with Crippen molar-refractivity contribution in [1.29, 1.82) is 5.26 Å². The summed E-state index contributed by atoms with van der Waals surface area (Å²) in [4.78, 5) is 15.9. The molecule has 1 aromatic carbocycles. The number of nitrogens with one attached hydrogen (secondary N) is 1. The second-order valence-electron chi connectivity index (χ2n) is 4.63. The van der Waals surface area contributed by atoms with Crippen LogP contribution in [-0.4, -0.2) is 21.6 Å². The fraction of sp³-hybridized carbons (Fsp3) is 0.133. The van der Waals surface area contributed by atoms with Gasteiger partial charge in [-0.15, -0.1) is 0 Å². The number of hydrogen-bond donors (Lipinski definition) is 1. The third-order valence-corrected chi connectivity index (χ3v) is 3.55. The lowest BCUT2D eigenvalue weighted by Gasteiger charge is -2.09. The van der Waals surface area contributed by atoms with Crippen LogP contribution in [0.5, 0.6) is 0 Å². The Morgan fingerprint density at radius 2 is 2.12 bits per heavy atom. The number of imidazole rings is 1. The molecule has 0 aliphatic carbocycles. The van der Waals surface area contributed by atoms with Crippen LogP contribution < -0.4 is 5.32 Å². The molecule has 0 aliphatic heterocycles. The molecule has 5 nitrogen and oxygen atoms in total. The van der Waals surface area contributed by atoms with Crippen molar-refractivity contribution in [1.82, 2.24) is 9.55 Å². The first-order chi connectivity index (χ1) is 11.3. The molecule has 2 rings (SSSR count). The molecule has 1 heterocycles. The van der Waals surface area contributed by atoms with Crippen LogP contribution in [0.3, 0.4) is 0 Å². The summed E-state index contributed by atoms with van der Waals surface area (Å²) in [5.74, 6) is -0.878. The lowest BCUT2D eigenvalue weighted by Crippen LogP contribution is -2.18. The largest absolute Gasteiger partial charge is 0.406 e. The normalized spacial score (nSPS) is 11.9. The van der Waals surface area contributed by atoms with Crippen LogP contribution in [0.1, 0.15) is 5.82 Å². The number of nitrogens with zero attached hydrogens (tertiary/aromatic N) is 3. The number of aromatic nitrogens is 2. The summed E-state index contributed by atoms with van der Waals surface area (Å²) < 4.78 is 38.9. The van der Waals surface area contributed by atoms with Crippen LogP contribution in [0.2, 0.25) is 0 Å². The topological polar surface area (TPSA) is 70.7 Å². The van der Waals surface area contributed by atoms with Crippen LogP contribution in [0.4, 0.5) is 18.9 Å². The van der Waals surface area contributed by atoms with Crippen LogP contribution in [-0.2, 0) is 11.3 Å². The number of halogens is 4. The maximum Gasteiger partial charge on any atom is 0.406 e. The van der Waals surface area contributed by atoms with Gasteiger partial charge in [-0.3, -0.25) is 4.79 Å². The number of benzene rings is 1. The van der Waals surface area contributed by atoms with Gasteiger partial charge >= 0.3 is 6.18 Å². The van der Waals surface area contributed by atoms with Crippen molar-refractivity contribution in [3.63, 3.8) is 0 Å². The molecule has 0 unspecified atom stereocenters. The molecule has 0 fully saturated rings. The smallest absolute Gasteiger partial charge is 0.322 e. The van der Waals surface area contributed by atoms with E-state index in [2.05, 4.69) is 26.2 Å². The Kier molecular flexibility index (Phi) is 5.41. The number of carbonyl (C=O) groups excluding carboxylic acids is 1. The quantitative estimate of drug-likeness (QED) is 0.629. The molecule has 0 spiro atoms. The molecule has 0 saturated heterocycles. The first kappa shape index (κ1) is 17.7. The van der Waals surface area contributed by atoms with Crippen LogP contribution in [0, 0.1) is 11.3 Å². The van der Waals surface area contributed by atoms with E-state index in [0.717, 1.165) is 23.0 Å². The van der Waals surface area contributed by atoms with E-state index in [0.29, 0.717) is 10.2 Å². The maximum atomic E-state index is 12.5. The number of hydrogen-bond acceptors (Lipinski definition) is 3. The number of alkyl halides is 3. The summed E-state index contributed by atoms with van der Waals surface area (Å²) in [7, 11) is 0. The number of anilines is 1. The third kappa shape index (κ3) is 4.70. The van der Waals surface area contributed by atoms with Gasteiger partial charge in [-0.25, -0.2) is 4.98 Å². The molecule has 1 amide bonds. The van der Waals surface area contributed by atoms with Crippen molar-refractivity contribution < 1.29 is 18.0 Å². The number of amides is 1. The van der Waals surface area contributed by atoms with Crippen molar-refractivity contribution in [2.45, 2.75) is 12.7 Å². The molecule has 9 heteroatoms. The average Bonchev–Trinajstić information content (AvgIpc) is 2.92. The molecule has 1 N–H and O–H groups in total. The average molecular weight is 399 g/mol. The highest BCUT2D eigenvalue weighted by Crippen LogP contribution is 2.22. The summed E-state index contributed by atoms with van der Waals surface area (Å²) in [6, 6.07) is 8.41. The van der Waals surface area contributed by atoms with Gasteiger partial charge in [0.25, 0.3) is 5.91 Å². The van der Waals surface area contributed by atoms with E-state index in [-0.39, 0.29) is 11.4 Å². The molecule has 0 radical (unpaired) electrons. The van der Waals surface area contributed by atoms with E-state index >= 15 is 0 Å². The monoisotopic (exact) mass is 398 g/mol. The van der Waals surface area contributed by atoms with Crippen molar-refractivity contribution in [3.8, 4) is 6.07 Å². The van der Waals surface area contributed by atoms with Crippen LogP contribution in [0.25, 0.3) is 6.08 Å². The Hall–Kier alpha value is -2.60. The zero-order chi connectivity index (χ0) is 17.7. The van der Waals surface area contributed by atoms with Crippen LogP contribution in [0.15, 0.2) is 46.7 Å². The molecule has 0 saturated carbocycles. The van der Waals surface area contributed by atoms with Gasteiger partial charge < -0.3 is 9.88 Å². The molecule has 0 atom stereocenters. The minimum absolute atomic E-state index is 0.133. The number of nitriles is 1. The summed E-state index contributed by atoms with van der Waals surface area (Å²) >= 11 is 3.24. The Morgan fingerprint density at radius 3 is 2.75 bits per heavy atom. The standard InChI is InChI=1S/C15H10BrF3N4O/c16-11-3-1-2-4-12(11)22-14(24)10(8-20)7-13-21-5-6-23(13)9-15(17,18)19/h1-7H,9H2,(H,22,24). The fourth-order valence-corrected chi connectivity index (χ4v) is 2.20. The van der Waals surface area contributed by atoms with Gasteiger partial charge in [0.05, 0.1) is 5.69 Å². The number of para-hydroxylation sites is 1. The molecule has 24 heavy (non-hydrogen) atoms. The molecule has 1 aromatic heterocycles. The molecule has 0 bridgehead atoms. The minimum Gasteiger partial charge on any atom is -0.322 e. The summed E-state index contributed by atoms with van der Waals surface area (Å²) in [6.07, 6.45) is -1.14. The highest BCUT2D eigenvalue weighted by molar-refractivity contribution is 9.10. The lowest BCUT2D eigenvalue weighted by atomic mass is 10.2. The lowest BCUT2D eigenvalue weighted by molar-refractivity contribution is -0.140. The van der Waals surface area contributed by atoms with Gasteiger partial charge in [-0.05, 0) is 28.1 Å². The van der Waals surface area contributed by atoms with Gasteiger partial charge in [0.1, 0.15) is 24.0 Å². The van der Waals surface area contributed by atoms with Crippen LogP contribution >= 0.6 is 15.9 Å². The Bertz CT molecular complexity index is 821. The molecular weight excluding hydrogens is 389 g/mol. The Morgan fingerprint density at radius 1 is 1.42 bits per heavy atom.